The molecule has 2 aromatic carbocycles. The maximum absolute atomic E-state index is 13.2. The van der Waals surface area contributed by atoms with Crippen LogP contribution in [0.15, 0.2) is 58.1 Å². The van der Waals surface area contributed by atoms with Gasteiger partial charge in [0, 0.05) is 30.9 Å². The van der Waals surface area contributed by atoms with Crippen LogP contribution in [0.3, 0.4) is 0 Å². The third kappa shape index (κ3) is 5.26. The van der Waals surface area contributed by atoms with Crippen molar-refractivity contribution in [3.63, 3.8) is 0 Å². The van der Waals surface area contributed by atoms with E-state index in [4.69, 9.17) is 30.5 Å². The molecule has 0 aliphatic rings. The second-order valence-corrected chi connectivity index (χ2v) is 9.31. The number of rotatable bonds is 10. The van der Waals surface area contributed by atoms with Gasteiger partial charge in [-0.1, -0.05) is 24.2 Å². The molecule has 10 nitrogen and oxygen atoms in total. The van der Waals surface area contributed by atoms with E-state index in [0.717, 1.165) is 11.1 Å². The van der Waals surface area contributed by atoms with Crippen LogP contribution in [0.4, 0.5) is 5.82 Å². The zero-order valence-electron chi connectivity index (χ0n) is 19.2. The molecule has 0 radical (unpaired) electrons. The molecule has 4 rings (SSSR count). The predicted octanol–water partition coefficient (Wildman–Crippen LogP) is 4.64. The highest BCUT2D eigenvalue weighted by Gasteiger charge is 2.25. The van der Waals surface area contributed by atoms with Crippen LogP contribution < -0.4 is 23.8 Å². The van der Waals surface area contributed by atoms with E-state index < -0.39 is 10.0 Å². The van der Waals surface area contributed by atoms with Crippen LogP contribution in [-0.2, 0) is 23.0 Å². The Morgan fingerprint density at radius 1 is 1.03 bits per heavy atom. The van der Waals surface area contributed by atoms with Crippen LogP contribution in [0.25, 0.3) is 11.0 Å². The van der Waals surface area contributed by atoms with Crippen LogP contribution in [0.5, 0.6) is 23.1 Å². The van der Waals surface area contributed by atoms with Gasteiger partial charge in [0.1, 0.15) is 27.5 Å². The molecule has 0 unspecified atom stereocenters. The summed E-state index contributed by atoms with van der Waals surface area (Å²) in [5.41, 5.74) is 1.99. The minimum Gasteiger partial charge on any atom is -0.496 e. The number of fused-ring (bicyclic) bond motifs is 1. The molecule has 0 saturated carbocycles. The second kappa shape index (κ2) is 10.4. The number of hydrogen-bond donors (Lipinski definition) is 2. The van der Waals surface area contributed by atoms with Crippen LogP contribution in [0.2, 0.25) is 0 Å². The molecular formula is C23H23ClN4O6S. The first-order chi connectivity index (χ1) is 16.9. The molecule has 0 amide bonds. The molecule has 184 valence electrons. The van der Waals surface area contributed by atoms with E-state index in [1.165, 1.54) is 14.2 Å². The summed E-state index contributed by atoms with van der Waals surface area (Å²) in [6, 6.07) is 11.7. The number of halogens is 1. The average Bonchev–Trinajstić information content (AvgIpc) is 3.26. The van der Waals surface area contributed by atoms with Crippen LogP contribution >= 0.6 is 11.8 Å². The number of hydrogen-bond acceptors (Lipinski definition) is 9. The fraction of sp³-hybridized carbons (Fsp3) is 0.217. The van der Waals surface area contributed by atoms with Gasteiger partial charge in [-0.3, -0.25) is 4.72 Å². The molecule has 0 bridgehead atoms. The van der Waals surface area contributed by atoms with Gasteiger partial charge in [-0.05, 0) is 41.5 Å². The Kier molecular flexibility index (Phi) is 7.29. The van der Waals surface area contributed by atoms with Gasteiger partial charge in [-0.25, -0.2) is 18.2 Å². The van der Waals surface area contributed by atoms with Crippen molar-refractivity contribution in [2.24, 2.45) is 0 Å². The molecule has 2 N–H and O–H groups in total. The Balaban J connectivity index is 1.66. The van der Waals surface area contributed by atoms with Crippen molar-refractivity contribution in [3.8, 4) is 23.1 Å². The number of sulfonamides is 1. The Morgan fingerprint density at radius 3 is 2.46 bits per heavy atom. The number of benzene rings is 2. The molecule has 0 fully saturated rings. The van der Waals surface area contributed by atoms with Crippen molar-refractivity contribution in [3.05, 3.63) is 59.8 Å². The average molecular weight is 519 g/mol. The van der Waals surface area contributed by atoms with Crippen molar-refractivity contribution < 1.29 is 27.2 Å². The number of anilines is 1. The highest BCUT2D eigenvalue weighted by molar-refractivity contribution is 7.92. The van der Waals surface area contributed by atoms with Crippen molar-refractivity contribution in [1.29, 1.82) is 0 Å². The molecule has 12 heteroatoms. The third-order valence-electron chi connectivity index (χ3n) is 5.18. The summed E-state index contributed by atoms with van der Waals surface area (Å²) in [5, 5.41) is 4.25. The zero-order chi connectivity index (χ0) is 25.0. The zero-order valence-corrected chi connectivity index (χ0v) is 20.7. The summed E-state index contributed by atoms with van der Waals surface area (Å²) in [4.78, 5) is 6.76. The first kappa shape index (κ1) is 24.6. The molecule has 2 heterocycles. The highest BCUT2D eigenvalue weighted by atomic mass is 35.5. The largest absolute Gasteiger partial charge is 0.496 e. The third-order valence-corrected chi connectivity index (χ3v) is 6.67. The fourth-order valence-corrected chi connectivity index (χ4v) is 4.79. The lowest BCUT2D eigenvalue weighted by Gasteiger charge is -2.12. The normalized spacial score (nSPS) is 11.4. The summed E-state index contributed by atoms with van der Waals surface area (Å²) >= 11 is 5.51. The number of nitrogens with one attached hydrogen (secondary N) is 2. The van der Waals surface area contributed by atoms with Gasteiger partial charge in [0.15, 0.2) is 11.4 Å². The van der Waals surface area contributed by atoms with Crippen LogP contribution in [0, 0.1) is 0 Å². The quantitative estimate of drug-likeness (QED) is 0.289. The maximum atomic E-state index is 13.2. The van der Waals surface area contributed by atoms with E-state index in [2.05, 4.69) is 19.7 Å². The van der Waals surface area contributed by atoms with E-state index in [1.54, 1.807) is 36.5 Å². The molecule has 4 aromatic rings. The molecule has 0 aliphatic heterocycles. The monoisotopic (exact) mass is 518 g/mol. The maximum Gasteiger partial charge on any atom is 0.266 e. The number of ether oxygens (including phenoxy) is 3. The molecule has 0 atom stereocenters. The molecule has 0 saturated heterocycles. The molecule has 0 aliphatic carbocycles. The second-order valence-electron chi connectivity index (χ2n) is 7.39. The Bertz CT molecular complexity index is 1440. The number of methoxy groups -OCH3 is 2. The SMILES string of the molecule is CCc1ccc(OC)c(S(=O)(=O)Nc2noc3cc(Oc4ccc(CNCl)cn4)cc(OC)c23)c1. The van der Waals surface area contributed by atoms with Gasteiger partial charge < -0.3 is 18.7 Å². The lowest BCUT2D eigenvalue weighted by molar-refractivity contribution is 0.402. The van der Waals surface area contributed by atoms with Crippen molar-refractivity contribution >= 4 is 38.6 Å². The molecular weight excluding hydrogens is 496 g/mol. The minimum atomic E-state index is -4.05. The summed E-state index contributed by atoms with van der Waals surface area (Å²) in [6.45, 7) is 2.39. The number of aryl methyl sites for hydroxylation is 1. The van der Waals surface area contributed by atoms with Gasteiger partial charge >= 0.3 is 0 Å². The lowest BCUT2D eigenvalue weighted by Crippen LogP contribution is -2.15. The van der Waals surface area contributed by atoms with E-state index >= 15 is 0 Å². The topological polar surface area (TPSA) is 125 Å². The Hall–Kier alpha value is -3.54. The van der Waals surface area contributed by atoms with Gasteiger partial charge in [0.2, 0.25) is 5.88 Å². The Morgan fingerprint density at radius 2 is 1.80 bits per heavy atom. The van der Waals surface area contributed by atoms with E-state index in [1.807, 2.05) is 19.1 Å². The van der Waals surface area contributed by atoms with Gasteiger partial charge in [-0.15, -0.1) is 0 Å². The van der Waals surface area contributed by atoms with Crippen molar-refractivity contribution in [2.75, 3.05) is 18.9 Å². The summed E-state index contributed by atoms with van der Waals surface area (Å²) in [5.74, 6) is 1.20. The summed E-state index contributed by atoms with van der Waals surface area (Å²) in [6.07, 6.45) is 2.29. The fourth-order valence-electron chi connectivity index (χ4n) is 3.41. The number of aromatic nitrogens is 2. The van der Waals surface area contributed by atoms with Crippen molar-refractivity contribution in [2.45, 2.75) is 24.8 Å². The van der Waals surface area contributed by atoms with Gasteiger partial charge in [0.05, 0.1) is 14.2 Å². The van der Waals surface area contributed by atoms with E-state index in [9.17, 15) is 8.42 Å². The minimum absolute atomic E-state index is 0.00620. The smallest absolute Gasteiger partial charge is 0.266 e. The highest BCUT2D eigenvalue weighted by Crippen LogP contribution is 2.38. The first-order valence-electron chi connectivity index (χ1n) is 10.5. The van der Waals surface area contributed by atoms with Crippen molar-refractivity contribution in [1.82, 2.24) is 15.0 Å². The standard InChI is InChI=1S/C23H23ClN4O6S/c1-4-14-5-7-17(31-2)20(9-14)35(29,30)28-23-22-18(32-3)10-16(11-19(22)34-27-23)33-21-8-6-15(12-25-21)13-26-24/h5-12,26H,4,13H2,1-3H3,(H,27,28). The van der Waals surface area contributed by atoms with E-state index in [0.29, 0.717) is 35.7 Å². The van der Waals surface area contributed by atoms with Crippen LogP contribution in [0.1, 0.15) is 18.1 Å². The van der Waals surface area contributed by atoms with Gasteiger partial charge in [0.25, 0.3) is 10.0 Å². The number of nitrogens with zero attached hydrogens (tertiary/aromatic N) is 2. The summed E-state index contributed by atoms with van der Waals surface area (Å²) < 4.78 is 50.8. The molecule has 2 aromatic heterocycles. The molecule has 0 spiro atoms. The lowest BCUT2D eigenvalue weighted by atomic mass is 10.2. The van der Waals surface area contributed by atoms with Crippen LogP contribution in [-0.4, -0.2) is 32.8 Å². The Labute approximate surface area is 207 Å². The first-order valence-corrected chi connectivity index (χ1v) is 12.4. The number of pyridine rings is 1. The van der Waals surface area contributed by atoms with E-state index in [-0.39, 0.29) is 22.0 Å². The predicted molar refractivity (Wildman–Crippen MR) is 131 cm³/mol. The molecule has 35 heavy (non-hydrogen) atoms. The summed E-state index contributed by atoms with van der Waals surface area (Å²) in [7, 11) is -1.19. The van der Waals surface area contributed by atoms with Gasteiger partial charge in [-0.2, -0.15) is 0 Å².